The van der Waals surface area contributed by atoms with Crippen molar-refractivity contribution in [3.63, 3.8) is 0 Å². The van der Waals surface area contributed by atoms with E-state index in [9.17, 15) is 18.3 Å². The van der Waals surface area contributed by atoms with Gasteiger partial charge in [-0.05, 0) is 24.6 Å². The third kappa shape index (κ3) is 4.93. The number of aliphatic hydroxyl groups excluding tert-OH is 1. The summed E-state index contributed by atoms with van der Waals surface area (Å²) in [4.78, 5) is 14.2. The van der Waals surface area contributed by atoms with E-state index < -0.39 is 10.0 Å². The van der Waals surface area contributed by atoms with Gasteiger partial charge in [0.05, 0.1) is 25.2 Å². The molecule has 7 nitrogen and oxygen atoms in total. The molecule has 8 heteroatoms. The normalized spacial score (nSPS) is 19.0. The van der Waals surface area contributed by atoms with Crippen molar-refractivity contribution in [2.24, 2.45) is 5.92 Å². The first-order chi connectivity index (χ1) is 11.3. The van der Waals surface area contributed by atoms with Gasteiger partial charge in [0.1, 0.15) is 6.54 Å². The van der Waals surface area contributed by atoms with E-state index in [0.717, 1.165) is 16.1 Å². The van der Waals surface area contributed by atoms with Gasteiger partial charge in [-0.15, -0.1) is 0 Å². The lowest BCUT2D eigenvalue weighted by Gasteiger charge is -2.27. The molecule has 1 fully saturated rings. The molecule has 0 saturated carbocycles. The Morgan fingerprint density at radius 3 is 2.83 bits per heavy atom. The molecule has 1 atom stereocenters. The largest absolute Gasteiger partial charge is 0.396 e. The zero-order chi connectivity index (χ0) is 17.7. The van der Waals surface area contributed by atoms with Crippen LogP contribution in [0.5, 0.6) is 0 Å². The lowest BCUT2D eigenvalue weighted by atomic mass is 10.1. The molecule has 0 aliphatic carbocycles. The van der Waals surface area contributed by atoms with Crippen LogP contribution in [-0.2, 0) is 19.6 Å². The summed E-state index contributed by atoms with van der Waals surface area (Å²) in [6.45, 7) is 3.06. The fraction of sp³-hybridized carbons (Fsp3) is 0.562. The van der Waals surface area contributed by atoms with Crippen LogP contribution in [0.3, 0.4) is 0 Å². The molecule has 1 aromatic rings. The van der Waals surface area contributed by atoms with E-state index in [1.54, 1.807) is 23.1 Å². The molecular formula is C16H24N2O5S. The van der Waals surface area contributed by atoms with Gasteiger partial charge < -0.3 is 14.7 Å². The summed E-state index contributed by atoms with van der Waals surface area (Å²) in [5.74, 6) is -0.451. The molecule has 1 N–H and O–H groups in total. The monoisotopic (exact) mass is 356 g/mol. The van der Waals surface area contributed by atoms with Gasteiger partial charge in [-0.25, -0.2) is 8.42 Å². The number of carbonyl (C=O) groups excluding carboxylic acids is 1. The number of hydrogen-bond acceptors (Lipinski definition) is 5. The first-order valence-electron chi connectivity index (χ1n) is 7.82. The van der Waals surface area contributed by atoms with Crippen LogP contribution in [0.1, 0.15) is 5.56 Å². The minimum absolute atomic E-state index is 0.0720. The summed E-state index contributed by atoms with van der Waals surface area (Å²) < 4.78 is 30.8. The Kier molecular flexibility index (Phi) is 6.20. The fourth-order valence-electron chi connectivity index (χ4n) is 2.62. The third-order valence-corrected chi connectivity index (χ3v) is 5.06. The number of benzene rings is 1. The molecule has 0 unspecified atom stereocenters. The standard InChI is InChI=1S/C16H24N2O5S/c1-13-4-3-5-15(8-13)18(24(2,21)22)10-16(20)17-6-7-23-12-14(9-17)11-19/h3-5,8,14,19H,6-7,9-12H2,1-2H3/t14-/m0/s1. The van der Waals surface area contributed by atoms with Gasteiger partial charge in [0.15, 0.2) is 0 Å². The molecule has 1 aliphatic heterocycles. The molecule has 0 spiro atoms. The van der Waals surface area contributed by atoms with E-state index in [1.807, 2.05) is 13.0 Å². The zero-order valence-corrected chi connectivity index (χ0v) is 14.8. The Morgan fingerprint density at radius 1 is 1.46 bits per heavy atom. The minimum atomic E-state index is -3.59. The molecule has 0 radical (unpaired) electrons. The number of anilines is 1. The highest BCUT2D eigenvalue weighted by molar-refractivity contribution is 7.92. The van der Waals surface area contributed by atoms with Gasteiger partial charge in [0.25, 0.3) is 0 Å². The van der Waals surface area contributed by atoms with E-state index in [4.69, 9.17) is 4.74 Å². The molecule has 0 aromatic heterocycles. The Morgan fingerprint density at radius 2 is 2.21 bits per heavy atom. The van der Waals surface area contributed by atoms with Crippen LogP contribution in [0.2, 0.25) is 0 Å². The molecule has 1 heterocycles. The van der Waals surface area contributed by atoms with E-state index in [-0.39, 0.29) is 25.0 Å². The van der Waals surface area contributed by atoms with Crippen molar-refractivity contribution in [3.8, 4) is 0 Å². The number of aryl methyl sites for hydroxylation is 1. The van der Waals surface area contributed by atoms with Gasteiger partial charge in [0, 0.05) is 25.6 Å². The van der Waals surface area contributed by atoms with E-state index in [2.05, 4.69) is 0 Å². The Labute approximate surface area is 142 Å². The fourth-order valence-corrected chi connectivity index (χ4v) is 3.46. The van der Waals surface area contributed by atoms with Crippen LogP contribution in [0, 0.1) is 12.8 Å². The minimum Gasteiger partial charge on any atom is -0.396 e. The van der Waals surface area contributed by atoms with Crippen LogP contribution >= 0.6 is 0 Å². The lowest BCUT2D eigenvalue weighted by molar-refractivity contribution is -0.130. The van der Waals surface area contributed by atoms with E-state index in [1.165, 1.54) is 0 Å². The summed E-state index contributed by atoms with van der Waals surface area (Å²) in [7, 11) is -3.59. The highest BCUT2D eigenvalue weighted by atomic mass is 32.2. The van der Waals surface area contributed by atoms with Gasteiger partial charge in [-0.1, -0.05) is 12.1 Å². The highest BCUT2D eigenvalue weighted by Gasteiger charge is 2.27. The summed E-state index contributed by atoms with van der Waals surface area (Å²) in [5.41, 5.74) is 1.38. The van der Waals surface area contributed by atoms with Crippen LogP contribution in [0.4, 0.5) is 5.69 Å². The number of nitrogens with zero attached hydrogens (tertiary/aromatic N) is 2. The van der Waals surface area contributed by atoms with Crippen molar-refractivity contribution in [2.45, 2.75) is 6.92 Å². The molecule has 1 aromatic carbocycles. The van der Waals surface area contributed by atoms with Crippen LogP contribution in [0.15, 0.2) is 24.3 Å². The molecule has 1 saturated heterocycles. The van der Waals surface area contributed by atoms with Crippen LogP contribution < -0.4 is 4.31 Å². The number of ether oxygens (including phenoxy) is 1. The third-order valence-electron chi connectivity index (χ3n) is 3.92. The van der Waals surface area contributed by atoms with Gasteiger partial charge >= 0.3 is 0 Å². The first kappa shape index (κ1) is 18.7. The molecule has 1 aliphatic rings. The highest BCUT2D eigenvalue weighted by Crippen LogP contribution is 2.19. The molecule has 2 rings (SSSR count). The smallest absolute Gasteiger partial charge is 0.243 e. The van der Waals surface area contributed by atoms with Crippen molar-refractivity contribution < 1.29 is 23.1 Å². The van der Waals surface area contributed by atoms with Gasteiger partial charge in [-0.2, -0.15) is 0 Å². The number of carbonyl (C=O) groups is 1. The number of hydrogen-bond donors (Lipinski definition) is 1. The number of rotatable bonds is 5. The number of amides is 1. The van der Waals surface area contributed by atoms with Gasteiger partial charge in [-0.3, -0.25) is 9.10 Å². The average Bonchev–Trinajstić information content (AvgIpc) is 2.76. The SMILES string of the molecule is Cc1cccc(N(CC(=O)N2CCOC[C@H](CO)C2)S(C)(=O)=O)c1. The summed E-state index contributed by atoms with van der Waals surface area (Å²) >= 11 is 0. The lowest BCUT2D eigenvalue weighted by Crippen LogP contribution is -2.45. The Hall–Kier alpha value is -1.64. The molecule has 134 valence electrons. The van der Waals surface area contributed by atoms with Crippen molar-refractivity contribution in [3.05, 3.63) is 29.8 Å². The van der Waals surface area contributed by atoms with E-state index >= 15 is 0 Å². The van der Waals surface area contributed by atoms with Crippen LogP contribution in [-0.4, -0.2) is 70.0 Å². The summed E-state index contributed by atoms with van der Waals surface area (Å²) in [6.07, 6.45) is 1.09. The topological polar surface area (TPSA) is 87.2 Å². The van der Waals surface area contributed by atoms with Crippen molar-refractivity contribution in [1.29, 1.82) is 0 Å². The second-order valence-electron chi connectivity index (χ2n) is 6.07. The molecule has 1 amide bonds. The predicted octanol–water partition coefficient (Wildman–Crippen LogP) is 0.228. The summed E-state index contributed by atoms with van der Waals surface area (Å²) in [6, 6.07) is 7.03. The quantitative estimate of drug-likeness (QED) is 0.816. The molecule has 0 bridgehead atoms. The first-order valence-corrected chi connectivity index (χ1v) is 9.67. The van der Waals surface area contributed by atoms with Crippen molar-refractivity contribution in [1.82, 2.24) is 4.90 Å². The maximum atomic E-state index is 12.6. The van der Waals surface area contributed by atoms with Crippen LogP contribution in [0.25, 0.3) is 0 Å². The number of sulfonamides is 1. The molecular weight excluding hydrogens is 332 g/mol. The Balaban J connectivity index is 2.18. The maximum absolute atomic E-state index is 12.6. The predicted molar refractivity (Wildman–Crippen MR) is 91.3 cm³/mol. The second kappa shape index (κ2) is 7.96. The van der Waals surface area contributed by atoms with Crippen molar-refractivity contribution >= 4 is 21.6 Å². The zero-order valence-electron chi connectivity index (χ0n) is 14.0. The van der Waals surface area contributed by atoms with E-state index in [0.29, 0.717) is 32.0 Å². The second-order valence-corrected chi connectivity index (χ2v) is 7.98. The molecule has 24 heavy (non-hydrogen) atoms. The maximum Gasteiger partial charge on any atom is 0.243 e. The average molecular weight is 356 g/mol. The van der Waals surface area contributed by atoms with Crippen molar-refractivity contribution in [2.75, 3.05) is 50.0 Å². The number of aliphatic hydroxyl groups is 1. The van der Waals surface area contributed by atoms with Gasteiger partial charge in [0.2, 0.25) is 15.9 Å². The Bertz CT molecular complexity index is 677. The summed E-state index contributed by atoms with van der Waals surface area (Å²) in [5, 5.41) is 9.31.